The Balaban J connectivity index is 1.69. The molecule has 8 heteroatoms. The lowest BCUT2D eigenvalue weighted by molar-refractivity contribution is -0.384. The largest absolute Gasteiger partial charge is 0.322 e. The van der Waals surface area contributed by atoms with Crippen LogP contribution in [-0.2, 0) is 9.59 Å². The highest BCUT2D eigenvalue weighted by molar-refractivity contribution is 6.32. The molecule has 1 aliphatic heterocycles. The van der Waals surface area contributed by atoms with Crippen molar-refractivity contribution in [3.05, 3.63) is 69.2 Å². The van der Waals surface area contributed by atoms with Gasteiger partial charge in [-0.2, -0.15) is 0 Å². The smallest absolute Gasteiger partial charge is 0.288 e. The zero-order valence-corrected chi connectivity index (χ0v) is 15.0. The van der Waals surface area contributed by atoms with Crippen LogP contribution in [0, 0.1) is 10.1 Å². The lowest BCUT2D eigenvalue weighted by atomic mass is 10.2. The first-order chi connectivity index (χ1) is 12.9. The molecule has 0 atom stereocenters. The Labute approximate surface area is 160 Å². The third-order valence-corrected chi connectivity index (χ3v) is 4.41. The van der Waals surface area contributed by atoms with Crippen molar-refractivity contribution in [1.82, 2.24) is 0 Å². The van der Waals surface area contributed by atoms with Gasteiger partial charge in [0.1, 0.15) is 5.02 Å². The van der Waals surface area contributed by atoms with Gasteiger partial charge in [0.05, 0.1) is 4.92 Å². The zero-order valence-electron chi connectivity index (χ0n) is 14.2. The van der Waals surface area contributed by atoms with Crippen LogP contribution in [0.5, 0.6) is 0 Å². The van der Waals surface area contributed by atoms with Gasteiger partial charge < -0.3 is 10.2 Å². The molecule has 0 aromatic heterocycles. The van der Waals surface area contributed by atoms with Crippen molar-refractivity contribution in [2.45, 2.75) is 12.8 Å². The first-order valence-electron chi connectivity index (χ1n) is 8.27. The first-order valence-corrected chi connectivity index (χ1v) is 8.65. The van der Waals surface area contributed by atoms with Gasteiger partial charge in [0.2, 0.25) is 11.8 Å². The summed E-state index contributed by atoms with van der Waals surface area (Å²) in [4.78, 5) is 36.0. The normalized spacial score (nSPS) is 14.0. The quantitative estimate of drug-likeness (QED) is 0.477. The van der Waals surface area contributed by atoms with Crippen LogP contribution in [0.4, 0.5) is 17.1 Å². The fourth-order valence-electron chi connectivity index (χ4n) is 2.80. The molecule has 2 amide bonds. The van der Waals surface area contributed by atoms with Crippen molar-refractivity contribution in [2.75, 3.05) is 16.8 Å². The summed E-state index contributed by atoms with van der Waals surface area (Å²) in [6.45, 7) is 0.672. The minimum Gasteiger partial charge on any atom is -0.322 e. The van der Waals surface area contributed by atoms with Crippen LogP contribution in [-0.4, -0.2) is 23.3 Å². The van der Waals surface area contributed by atoms with Crippen LogP contribution in [0.15, 0.2) is 48.5 Å². The number of carbonyl (C=O) groups excluding carboxylic acids is 2. The first kappa shape index (κ1) is 18.6. The van der Waals surface area contributed by atoms with E-state index in [1.807, 2.05) is 6.07 Å². The lowest BCUT2D eigenvalue weighted by Crippen LogP contribution is -2.23. The van der Waals surface area contributed by atoms with E-state index in [-0.39, 0.29) is 16.6 Å². The summed E-state index contributed by atoms with van der Waals surface area (Å²) in [7, 11) is 0. The van der Waals surface area contributed by atoms with E-state index in [0.29, 0.717) is 24.2 Å². The molecule has 0 radical (unpaired) electrons. The van der Waals surface area contributed by atoms with Gasteiger partial charge in [-0.25, -0.2) is 0 Å². The molecule has 1 saturated heterocycles. The molecule has 0 bridgehead atoms. The highest BCUT2D eigenvalue weighted by atomic mass is 35.5. The molecule has 0 spiro atoms. The number of amides is 2. The maximum atomic E-state index is 12.1. The average Bonchev–Trinajstić information content (AvgIpc) is 3.07. The number of benzene rings is 2. The Morgan fingerprint density at radius 3 is 2.78 bits per heavy atom. The van der Waals surface area contributed by atoms with Crippen LogP contribution in [0.25, 0.3) is 6.08 Å². The number of nitro benzene ring substituents is 1. The molecule has 2 aromatic rings. The fourth-order valence-corrected chi connectivity index (χ4v) is 2.99. The number of anilines is 2. The summed E-state index contributed by atoms with van der Waals surface area (Å²) in [5.41, 5.74) is 1.57. The number of nitrogens with zero attached hydrogens (tertiary/aromatic N) is 2. The highest BCUT2D eigenvalue weighted by Crippen LogP contribution is 2.26. The second kappa shape index (κ2) is 8.01. The zero-order chi connectivity index (χ0) is 19.4. The Morgan fingerprint density at radius 2 is 2.07 bits per heavy atom. The van der Waals surface area contributed by atoms with Crippen molar-refractivity contribution in [1.29, 1.82) is 0 Å². The van der Waals surface area contributed by atoms with Crippen molar-refractivity contribution in [3.8, 4) is 0 Å². The van der Waals surface area contributed by atoms with Gasteiger partial charge in [-0.3, -0.25) is 19.7 Å². The minimum atomic E-state index is -0.578. The molecule has 0 saturated carbocycles. The predicted molar refractivity (Wildman–Crippen MR) is 104 cm³/mol. The Kier molecular flexibility index (Phi) is 5.52. The Hall–Kier alpha value is -3.19. The monoisotopic (exact) mass is 385 g/mol. The summed E-state index contributed by atoms with van der Waals surface area (Å²) in [5, 5.41) is 13.7. The van der Waals surface area contributed by atoms with Gasteiger partial charge in [-0.05, 0) is 42.3 Å². The average molecular weight is 386 g/mol. The SMILES string of the molecule is O=C(/C=C/c1ccc(Cl)c([N+](=O)[O-])c1)Nc1cccc(N2CCCC2=O)c1. The molecule has 1 N–H and O–H groups in total. The van der Waals surface area contributed by atoms with E-state index < -0.39 is 10.8 Å². The van der Waals surface area contributed by atoms with E-state index in [1.165, 1.54) is 24.3 Å². The van der Waals surface area contributed by atoms with Gasteiger partial charge in [0.25, 0.3) is 5.69 Å². The van der Waals surface area contributed by atoms with E-state index >= 15 is 0 Å². The van der Waals surface area contributed by atoms with E-state index in [9.17, 15) is 19.7 Å². The molecular weight excluding hydrogens is 370 g/mol. The van der Waals surface area contributed by atoms with Crippen LogP contribution in [0.3, 0.4) is 0 Å². The molecule has 2 aromatic carbocycles. The van der Waals surface area contributed by atoms with E-state index in [2.05, 4.69) is 5.32 Å². The van der Waals surface area contributed by atoms with Crippen LogP contribution >= 0.6 is 11.6 Å². The molecule has 1 aliphatic rings. The highest BCUT2D eigenvalue weighted by Gasteiger charge is 2.21. The molecule has 3 rings (SSSR count). The number of nitrogens with one attached hydrogen (secondary N) is 1. The maximum absolute atomic E-state index is 12.1. The number of carbonyl (C=O) groups is 2. The van der Waals surface area contributed by atoms with Crippen molar-refractivity contribution >= 4 is 46.6 Å². The summed E-state index contributed by atoms with van der Waals surface area (Å²) in [6, 6.07) is 11.3. The number of rotatable bonds is 5. The fraction of sp³-hybridized carbons (Fsp3) is 0.158. The van der Waals surface area contributed by atoms with Crippen LogP contribution in [0.1, 0.15) is 18.4 Å². The Bertz CT molecular complexity index is 942. The Morgan fingerprint density at radius 1 is 1.26 bits per heavy atom. The summed E-state index contributed by atoms with van der Waals surface area (Å²) < 4.78 is 0. The second-order valence-electron chi connectivity index (χ2n) is 5.99. The van der Waals surface area contributed by atoms with Gasteiger partial charge in [0.15, 0.2) is 0 Å². The third kappa shape index (κ3) is 4.51. The molecule has 1 heterocycles. The van der Waals surface area contributed by atoms with Crippen molar-refractivity contribution in [3.63, 3.8) is 0 Å². The second-order valence-corrected chi connectivity index (χ2v) is 6.40. The van der Waals surface area contributed by atoms with Crippen LogP contribution < -0.4 is 10.2 Å². The summed E-state index contributed by atoms with van der Waals surface area (Å²) in [6.07, 6.45) is 4.10. The standard InChI is InChI=1S/C19H16ClN3O4/c20-16-8-6-13(11-17(16)23(26)27)7-9-18(24)21-14-3-1-4-15(12-14)22-10-2-5-19(22)25/h1,3-4,6-9,11-12H,2,5,10H2,(H,21,24)/b9-7+. The van der Waals surface area contributed by atoms with Crippen molar-refractivity contribution < 1.29 is 14.5 Å². The lowest BCUT2D eigenvalue weighted by Gasteiger charge is -2.16. The molecule has 0 aliphatic carbocycles. The maximum Gasteiger partial charge on any atom is 0.288 e. The number of hydrogen-bond donors (Lipinski definition) is 1. The van der Waals surface area contributed by atoms with Gasteiger partial charge in [0, 0.05) is 36.5 Å². The molecule has 1 fully saturated rings. The summed E-state index contributed by atoms with van der Waals surface area (Å²) in [5.74, 6) is -0.319. The predicted octanol–water partition coefficient (Wildman–Crippen LogP) is 4.03. The third-order valence-electron chi connectivity index (χ3n) is 4.09. The van der Waals surface area contributed by atoms with Gasteiger partial charge >= 0.3 is 0 Å². The number of nitro groups is 1. The van der Waals surface area contributed by atoms with E-state index in [1.54, 1.807) is 29.2 Å². The topological polar surface area (TPSA) is 92.5 Å². The van der Waals surface area contributed by atoms with Gasteiger partial charge in [-0.15, -0.1) is 0 Å². The molecular formula is C19H16ClN3O4. The number of hydrogen-bond acceptors (Lipinski definition) is 4. The molecule has 7 nitrogen and oxygen atoms in total. The molecule has 0 unspecified atom stereocenters. The van der Waals surface area contributed by atoms with Gasteiger partial charge in [-0.1, -0.05) is 23.7 Å². The van der Waals surface area contributed by atoms with E-state index in [4.69, 9.17) is 11.6 Å². The molecule has 27 heavy (non-hydrogen) atoms. The van der Waals surface area contributed by atoms with Crippen molar-refractivity contribution in [2.24, 2.45) is 0 Å². The summed E-state index contributed by atoms with van der Waals surface area (Å²) >= 11 is 5.77. The minimum absolute atomic E-state index is 0.0369. The van der Waals surface area contributed by atoms with E-state index in [0.717, 1.165) is 12.1 Å². The number of halogens is 1. The molecule has 138 valence electrons. The van der Waals surface area contributed by atoms with Crippen LogP contribution in [0.2, 0.25) is 5.02 Å².